The molecule has 1 aromatic heterocycles. The third-order valence-electron chi connectivity index (χ3n) is 2.75. The molecule has 0 fully saturated rings. The molecule has 0 unspecified atom stereocenters. The van der Waals surface area contributed by atoms with Crippen molar-refractivity contribution in [1.82, 2.24) is 4.98 Å². The van der Waals surface area contributed by atoms with Gasteiger partial charge in [0.15, 0.2) is 9.84 Å². The van der Waals surface area contributed by atoms with Gasteiger partial charge in [0, 0.05) is 19.0 Å². The van der Waals surface area contributed by atoms with Crippen LogP contribution in [0.3, 0.4) is 0 Å². The number of hydrogen-bond donors (Lipinski definition) is 2. The number of rotatable bonds is 5. The monoisotopic (exact) mass is 271 g/mol. The number of nitrogens with zero attached hydrogens (tertiary/aromatic N) is 1. The molecule has 3 N–H and O–H groups in total. The average molecular weight is 271 g/mol. The number of anilines is 1. The molecule has 0 spiro atoms. The van der Waals surface area contributed by atoms with E-state index in [1.165, 1.54) is 18.5 Å². The fraction of sp³-hybridized carbons (Fsp3) is 0.455. The Morgan fingerprint density at radius 2 is 2.06 bits per heavy atom. The maximum atomic E-state index is 11.5. The van der Waals surface area contributed by atoms with Gasteiger partial charge in [-0.1, -0.05) is 0 Å². The first-order chi connectivity index (χ1) is 8.13. The number of carbonyl (C=O) groups is 1. The van der Waals surface area contributed by atoms with Crippen molar-refractivity contribution in [2.45, 2.75) is 18.6 Å². The normalized spacial score (nSPS) is 12.2. The summed E-state index contributed by atoms with van der Waals surface area (Å²) in [5, 5.41) is 2.92. The Kier molecular flexibility index (Phi) is 3.95. The first kappa shape index (κ1) is 14.4. The molecule has 0 atom stereocenters. The Bertz CT molecular complexity index is 535. The SMILES string of the molecule is CC(C)(CNc1ccc(C(N)=O)cn1)S(C)(=O)=O. The van der Waals surface area contributed by atoms with Crippen LogP contribution in [-0.2, 0) is 9.84 Å². The molecule has 18 heavy (non-hydrogen) atoms. The largest absolute Gasteiger partial charge is 0.369 e. The van der Waals surface area contributed by atoms with Gasteiger partial charge in [0.05, 0.1) is 10.3 Å². The van der Waals surface area contributed by atoms with Crippen LogP contribution in [0, 0.1) is 0 Å². The molecule has 7 heteroatoms. The summed E-state index contributed by atoms with van der Waals surface area (Å²) in [6, 6.07) is 3.11. The summed E-state index contributed by atoms with van der Waals surface area (Å²) in [5.74, 6) is -0.0535. The van der Waals surface area contributed by atoms with Gasteiger partial charge in [-0.25, -0.2) is 13.4 Å². The molecule has 6 nitrogen and oxygen atoms in total. The van der Waals surface area contributed by atoms with Crippen molar-refractivity contribution in [2.24, 2.45) is 5.73 Å². The molecule has 1 amide bonds. The van der Waals surface area contributed by atoms with Gasteiger partial charge in [0.25, 0.3) is 0 Å². The van der Waals surface area contributed by atoms with E-state index in [2.05, 4.69) is 10.3 Å². The standard InChI is InChI=1S/C11H17N3O3S/c1-11(2,18(3,16)17)7-14-9-5-4-8(6-13-9)10(12)15/h4-6H,7H2,1-3H3,(H2,12,15)(H,13,14). The van der Waals surface area contributed by atoms with E-state index in [-0.39, 0.29) is 6.54 Å². The molecule has 0 aromatic carbocycles. The Labute approximate surface area is 107 Å². The highest BCUT2D eigenvalue weighted by molar-refractivity contribution is 7.92. The van der Waals surface area contributed by atoms with E-state index in [0.717, 1.165) is 0 Å². The minimum absolute atomic E-state index is 0.231. The van der Waals surface area contributed by atoms with Gasteiger partial charge >= 0.3 is 0 Å². The van der Waals surface area contributed by atoms with Gasteiger partial charge in [-0.05, 0) is 26.0 Å². The second-order valence-corrected chi connectivity index (χ2v) is 7.33. The third-order valence-corrected chi connectivity index (χ3v) is 4.90. The van der Waals surface area contributed by atoms with Crippen molar-refractivity contribution < 1.29 is 13.2 Å². The number of nitrogens with one attached hydrogen (secondary N) is 1. The minimum atomic E-state index is -3.16. The molecular weight excluding hydrogens is 254 g/mol. The zero-order chi connectivity index (χ0) is 14.0. The highest BCUT2D eigenvalue weighted by Crippen LogP contribution is 2.16. The molecular formula is C11H17N3O3S. The predicted molar refractivity (Wildman–Crippen MR) is 70.2 cm³/mol. The van der Waals surface area contributed by atoms with Crippen LogP contribution in [0.4, 0.5) is 5.82 Å². The maximum Gasteiger partial charge on any atom is 0.250 e. The predicted octanol–water partition coefficient (Wildman–Crippen LogP) is 0.416. The number of amides is 1. The number of pyridine rings is 1. The molecule has 0 bridgehead atoms. The van der Waals surface area contributed by atoms with Crippen molar-refractivity contribution in [3.05, 3.63) is 23.9 Å². The Morgan fingerprint density at radius 1 is 1.44 bits per heavy atom. The van der Waals surface area contributed by atoms with Gasteiger partial charge in [-0.3, -0.25) is 4.79 Å². The lowest BCUT2D eigenvalue weighted by Gasteiger charge is -2.23. The zero-order valence-corrected chi connectivity index (χ0v) is 11.4. The van der Waals surface area contributed by atoms with Crippen LogP contribution < -0.4 is 11.1 Å². The molecule has 0 radical (unpaired) electrons. The van der Waals surface area contributed by atoms with Crippen molar-refractivity contribution in [3.63, 3.8) is 0 Å². The third kappa shape index (κ3) is 3.43. The highest BCUT2D eigenvalue weighted by Gasteiger charge is 2.29. The molecule has 0 aliphatic heterocycles. The summed E-state index contributed by atoms with van der Waals surface area (Å²) >= 11 is 0. The fourth-order valence-corrected chi connectivity index (χ4v) is 1.41. The average Bonchev–Trinajstić information content (AvgIpc) is 2.25. The molecule has 1 aromatic rings. The van der Waals surface area contributed by atoms with Crippen molar-refractivity contribution in [3.8, 4) is 0 Å². The smallest absolute Gasteiger partial charge is 0.250 e. The summed E-state index contributed by atoms with van der Waals surface area (Å²) in [6.07, 6.45) is 2.54. The molecule has 1 rings (SSSR count). The summed E-state index contributed by atoms with van der Waals surface area (Å²) in [6.45, 7) is 3.50. The van der Waals surface area contributed by atoms with Crippen LogP contribution in [0.2, 0.25) is 0 Å². The Hall–Kier alpha value is -1.63. The van der Waals surface area contributed by atoms with E-state index < -0.39 is 20.5 Å². The quantitative estimate of drug-likeness (QED) is 0.807. The molecule has 1 heterocycles. The van der Waals surface area contributed by atoms with Gasteiger partial charge in [-0.15, -0.1) is 0 Å². The van der Waals surface area contributed by atoms with Crippen LogP contribution >= 0.6 is 0 Å². The lowest BCUT2D eigenvalue weighted by molar-refractivity contribution is 0.1000. The number of primary amides is 1. The van der Waals surface area contributed by atoms with Crippen LogP contribution in [0.1, 0.15) is 24.2 Å². The number of aromatic nitrogens is 1. The lowest BCUT2D eigenvalue weighted by atomic mass is 10.2. The van der Waals surface area contributed by atoms with Gasteiger partial charge in [-0.2, -0.15) is 0 Å². The summed E-state index contributed by atoms with van der Waals surface area (Å²) in [4.78, 5) is 14.8. The first-order valence-electron chi connectivity index (χ1n) is 5.33. The second kappa shape index (κ2) is 4.93. The molecule has 0 aliphatic carbocycles. The number of nitrogens with two attached hydrogens (primary N) is 1. The van der Waals surface area contributed by atoms with Crippen molar-refractivity contribution in [1.29, 1.82) is 0 Å². The number of sulfone groups is 1. The van der Waals surface area contributed by atoms with Gasteiger partial charge in [0.2, 0.25) is 5.91 Å². The van der Waals surface area contributed by atoms with E-state index in [9.17, 15) is 13.2 Å². The van der Waals surface area contributed by atoms with Gasteiger partial charge < -0.3 is 11.1 Å². The zero-order valence-electron chi connectivity index (χ0n) is 10.6. The lowest BCUT2D eigenvalue weighted by Crippen LogP contribution is -2.38. The number of carbonyl (C=O) groups excluding carboxylic acids is 1. The summed E-state index contributed by atoms with van der Waals surface area (Å²) in [7, 11) is -3.16. The van der Waals surface area contributed by atoms with Crippen LogP contribution in [0.5, 0.6) is 0 Å². The molecule has 0 aliphatic rings. The van der Waals surface area contributed by atoms with E-state index in [0.29, 0.717) is 11.4 Å². The number of hydrogen-bond acceptors (Lipinski definition) is 5. The van der Waals surface area contributed by atoms with Crippen LogP contribution in [-0.4, -0.2) is 36.9 Å². The first-order valence-corrected chi connectivity index (χ1v) is 7.22. The fourth-order valence-electron chi connectivity index (χ4n) is 1.08. The van der Waals surface area contributed by atoms with E-state index >= 15 is 0 Å². The molecule has 0 saturated carbocycles. The maximum absolute atomic E-state index is 11.5. The van der Waals surface area contributed by atoms with Crippen LogP contribution in [0.25, 0.3) is 0 Å². The van der Waals surface area contributed by atoms with Crippen LogP contribution in [0.15, 0.2) is 18.3 Å². The van der Waals surface area contributed by atoms with E-state index in [1.807, 2.05) is 0 Å². The summed E-state index contributed by atoms with van der Waals surface area (Å²) in [5.41, 5.74) is 5.39. The molecule has 100 valence electrons. The van der Waals surface area contributed by atoms with Gasteiger partial charge in [0.1, 0.15) is 5.82 Å². The Balaban J connectivity index is 2.73. The minimum Gasteiger partial charge on any atom is -0.369 e. The Morgan fingerprint density at radius 3 is 2.44 bits per heavy atom. The van der Waals surface area contributed by atoms with E-state index in [4.69, 9.17) is 5.73 Å². The molecule has 0 saturated heterocycles. The second-order valence-electron chi connectivity index (χ2n) is 4.68. The summed E-state index contributed by atoms with van der Waals surface area (Å²) < 4.78 is 22.1. The van der Waals surface area contributed by atoms with E-state index in [1.54, 1.807) is 19.9 Å². The highest BCUT2D eigenvalue weighted by atomic mass is 32.2. The topological polar surface area (TPSA) is 102 Å². The van der Waals surface area contributed by atoms with Crippen molar-refractivity contribution in [2.75, 3.05) is 18.1 Å². The van der Waals surface area contributed by atoms with Crippen molar-refractivity contribution >= 4 is 21.6 Å².